The number of guanidine groups is 1. The molecular weight excluding hydrogens is 318 g/mol. The van der Waals surface area contributed by atoms with Gasteiger partial charge in [-0.05, 0) is 30.5 Å². The Morgan fingerprint density at radius 3 is 2.91 bits per heavy atom. The average molecular weight is 340 g/mol. The van der Waals surface area contributed by atoms with E-state index >= 15 is 0 Å². The number of rotatable bonds is 4. The van der Waals surface area contributed by atoms with Crippen LogP contribution in [0.2, 0.25) is 5.02 Å². The minimum Gasteiger partial charge on any atom is -0.486 e. The van der Waals surface area contributed by atoms with Crippen LogP contribution in [0.4, 0.5) is 0 Å². The molecule has 1 saturated heterocycles. The first-order valence-electron chi connectivity index (χ1n) is 7.90. The summed E-state index contributed by atoms with van der Waals surface area (Å²) in [6.45, 7) is 3.30. The van der Waals surface area contributed by atoms with Crippen molar-refractivity contribution < 1.29 is 14.2 Å². The maximum absolute atomic E-state index is 6.25. The van der Waals surface area contributed by atoms with Crippen molar-refractivity contribution in [3.05, 3.63) is 22.7 Å². The predicted octanol–water partition coefficient (Wildman–Crippen LogP) is 1.96. The van der Waals surface area contributed by atoms with Crippen LogP contribution < -0.4 is 20.1 Å². The minimum atomic E-state index is 0.275. The van der Waals surface area contributed by atoms with Crippen LogP contribution in [0.3, 0.4) is 0 Å². The van der Waals surface area contributed by atoms with Crippen molar-refractivity contribution >= 4 is 17.6 Å². The monoisotopic (exact) mass is 339 g/mol. The summed E-state index contributed by atoms with van der Waals surface area (Å²) in [4.78, 5) is 4.22. The number of nitrogens with one attached hydrogen (secondary N) is 2. The van der Waals surface area contributed by atoms with Gasteiger partial charge in [-0.25, -0.2) is 0 Å². The van der Waals surface area contributed by atoms with Crippen molar-refractivity contribution in [3.63, 3.8) is 0 Å². The molecule has 0 spiro atoms. The molecule has 6 nitrogen and oxygen atoms in total. The van der Waals surface area contributed by atoms with E-state index in [4.69, 9.17) is 25.8 Å². The molecule has 7 heteroatoms. The zero-order valence-electron chi connectivity index (χ0n) is 13.2. The summed E-state index contributed by atoms with van der Waals surface area (Å²) in [5, 5.41) is 7.13. The van der Waals surface area contributed by atoms with Gasteiger partial charge in [0.1, 0.15) is 13.2 Å². The van der Waals surface area contributed by atoms with E-state index in [1.807, 2.05) is 12.1 Å². The van der Waals surface area contributed by atoms with E-state index in [0.717, 1.165) is 37.5 Å². The fourth-order valence-corrected chi connectivity index (χ4v) is 2.98. The Bertz CT molecular complexity index is 574. The summed E-state index contributed by atoms with van der Waals surface area (Å²) in [5.74, 6) is 2.07. The van der Waals surface area contributed by atoms with E-state index in [9.17, 15) is 0 Å². The lowest BCUT2D eigenvalue weighted by Crippen LogP contribution is -2.40. The Balaban J connectivity index is 1.55. The Kier molecular flexibility index (Phi) is 5.46. The molecule has 1 aromatic rings. The molecule has 0 saturated carbocycles. The number of ether oxygens (including phenoxy) is 3. The number of fused-ring (bicyclic) bond motifs is 1. The third-order valence-corrected chi connectivity index (χ3v) is 4.14. The summed E-state index contributed by atoms with van der Waals surface area (Å²) < 4.78 is 16.7. The molecule has 2 aliphatic heterocycles. The third-order valence-electron chi connectivity index (χ3n) is 3.86. The number of nitrogens with zero attached hydrogens (tertiary/aromatic N) is 1. The number of aliphatic imine (C=N–C) groups is 1. The van der Waals surface area contributed by atoms with Crippen molar-refractivity contribution in [2.75, 3.05) is 33.4 Å². The van der Waals surface area contributed by atoms with Crippen LogP contribution in [-0.2, 0) is 11.3 Å². The van der Waals surface area contributed by atoms with Gasteiger partial charge in [-0.2, -0.15) is 0 Å². The molecule has 1 aromatic carbocycles. The van der Waals surface area contributed by atoms with E-state index in [2.05, 4.69) is 15.6 Å². The van der Waals surface area contributed by atoms with Crippen molar-refractivity contribution in [1.29, 1.82) is 0 Å². The van der Waals surface area contributed by atoms with Crippen LogP contribution in [0, 0.1) is 0 Å². The van der Waals surface area contributed by atoms with Crippen molar-refractivity contribution in [2.45, 2.75) is 25.5 Å². The van der Waals surface area contributed by atoms with Crippen molar-refractivity contribution in [2.24, 2.45) is 4.99 Å². The topological polar surface area (TPSA) is 64.1 Å². The predicted molar refractivity (Wildman–Crippen MR) is 89.6 cm³/mol. The Morgan fingerprint density at radius 2 is 2.13 bits per heavy atom. The normalized spacial score (nSPS) is 20.4. The van der Waals surface area contributed by atoms with Crippen molar-refractivity contribution in [3.8, 4) is 11.5 Å². The summed E-state index contributed by atoms with van der Waals surface area (Å²) in [6, 6.07) is 3.83. The van der Waals surface area contributed by atoms with E-state index < -0.39 is 0 Å². The molecule has 2 heterocycles. The summed E-state index contributed by atoms with van der Waals surface area (Å²) >= 11 is 6.25. The van der Waals surface area contributed by atoms with Crippen LogP contribution >= 0.6 is 11.6 Å². The van der Waals surface area contributed by atoms with Crippen molar-refractivity contribution in [1.82, 2.24) is 10.6 Å². The highest BCUT2D eigenvalue weighted by Gasteiger charge is 2.17. The van der Waals surface area contributed by atoms with Crippen LogP contribution in [0.25, 0.3) is 0 Å². The molecule has 0 amide bonds. The first-order chi connectivity index (χ1) is 11.3. The average Bonchev–Trinajstić information content (AvgIpc) is 3.08. The molecule has 1 atom stereocenters. The molecule has 0 aliphatic carbocycles. The highest BCUT2D eigenvalue weighted by atomic mass is 35.5. The minimum absolute atomic E-state index is 0.275. The van der Waals surface area contributed by atoms with Gasteiger partial charge >= 0.3 is 0 Å². The van der Waals surface area contributed by atoms with Crippen LogP contribution in [0.1, 0.15) is 18.4 Å². The van der Waals surface area contributed by atoms with Crippen LogP contribution in [0.5, 0.6) is 11.5 Å². The molecule has 1 unspecified atom stereocenters. The Labute approximate surface area is 141 Å². The SMILES string of the molecule is CN=C(NCc1cc(Cl)c2c(c1)OCCO2)NCC1CCCO1. The van der Waals surface area contributed by atoms with Gasteiger partial charge in [0.05, 0.1) is 11.1 Å². The first kappa shape index (κ1) is 16.2. The highest BCUT2D eigenvalue weighted by Crippen LogP contribution is 2.38. The lowest BCUT2D eigenvalue weighted by Gasteiger charge is -2.21. The number of hydrogen-bond donors (Lipinski definition) is 2. The molecule has 3 rings (SSSR count). The molecular formula is C16H22ClN3O3. The molecule has 0 bridgehead atoms. The van der Waals surface area contributed by atoms with Gasteiger partial charge in [0, 0.05) is 26.7 Å². The van der Waals surface area contributed by atoms with Crippen LogP contribution in [0.15, 0.2) is 17.1 Å². The molecule has 0 radical (unpaired) electrons. The second-order valence-corrected chi connectivity index (χ2v) is 5.95. The zero-order valence-corrected chi connectivity index (χ0v) is 14.0. The molecule has 126 valence electrons. The van der Waals surface area contributed by atoms with Crippen LogP contribution in [-0.4, -0.2) is 45.5 Å². The van der Waals surface area contributed by atoms with Gasteiger partial charge < -0.3 is 24.8 Å². The molecule has 0 aromatic heterocycles. The van der Waals surface area contributed by atoms with Gasteiger partial charge in [-0.15, -0.1) is 0 Å². The first-order valence-corrected chi connectivity index (χ1v) is 8.28. The maximum Gasteiger partial charge on any atom is 0.191 e. The van der Waals surface area contributed by atoms with Gasteiger partial charge in [0.15, 0.2) is 17.5 Å². The van der Waals surface area contributed by atoms with Gasteiger partial charge in [0.2, 0.25) is 0 Å². The van der Waals surface area contributed by atoms with E-state index in [1.165, 1.54) is 0 Å². The largest absolute Gasteiger partial charge is 0.486 e. The summed E-state index contributed by atoms with van der Waals surface area (Å²) in [5.41, 5.74) is 1.01. The molecule has 2 N–H and O–H groups in total. The smallest absolute Gasteiger partial charge is 0.191 e. The maximum atomic E-state index is 6.25. The second-order valence-electron chi connectivity index (χ2n) is 5.54. The zero-order chi connectivity index (χ0) is 16.1. The highest BCUT2D eigenvalue weighted by molar-refractivity contribution is 6.32. The van der Waals surface area contributed by atoms with Gasteiger partial charge in [0.25, 0.3) is 0 Å². The Morgan fingerprint density at radius 1 is 1.26 bits per heavy atom. The Hall–Kier alpha value is -1.66. The second kappa shape index (κ2) is 7.75. The standard InChI is InChI=1S/C16H22ClN3O3/c1-18-16(20-10-12-3-2-4-21-12)19-9-11-7-13(17)15-14(8-11)22-5-6-23-15/h7-8,12H,2-6,9-10H2,1H3,(H2,18,19,20). The fourth-order valence-electron chi connectivity index (χ4n) is 2.69. The third kappa shape index (κ3) is 4.20. The molecule has 1 fully saturated rings. The van der Waals surface area contributed by atoms with E-state index in [-0.39, 0.29) is 6.10 Å². The van der Waals surface area contributed by atoms with E-state index in [0.29, 0.717) is 36.3 Å². The number of halogens is 1. The molecule has 2 aliphatic rings. The number of benzene rings is 1. The molecule has 23 heavy (non-hydrogen) atoms. The quantitative estimate of drug-likeness (QED) is 0.648. The lowest BCUT2D eigenvalue weighted by molar-refractivity contribution is 0.114. The fraction of sp³-hybridized carbons (Fsp3) is 0.562. The summed E-state index contributed by atoms with van der Waals surface area (Å²) in [7, 11) is 1.75. The van der Waals surface area contributed by atoms with E-state index in [1.54, 1.807) is 7.05 Å². The number of hydrogen-bond acceptors (Lipinski definition) is 4. The van der Waals surface area contributed by atoms with Gasteiger partial charge in [-0.3, -0.25) is 4.99 Å². The van der Waals surface area contributed by atoms with Gasteiger partial charge in [-0.1, -0.05) is 11.6 Å². The summed E-state index contributed by atoms with van der Waals surface area (Å²) in [6.07, 6.45) is 2.51. The lowest BCUT2D eigenvalue weighted by atomic mass is 10.2.